The summed E-state index contributed by atoms with van der Waals surface area (Å²) in [7, 11) is 0. The van der Waals surface area contributed by atoms with Crippen LogP contribution in [0.1, 0.15) is 60.3 Å². The molecule has 1 aliphatic carbocycles. The van der Waals surface area contributed by atoms with Gasteiger partial charge in [0.25, 0.3) is 0 Å². The fraction of sp³-hybridized carbons (Fsp3) is 1.00. The van der Waals surface area contributed by atoms with E-state index < -0.39 is 0 Å². The molecule has 1 heterocycles. The summed E-state index contributed by atoms with van der Waals surface area (Å²) in [6.45, 7) is 15.6. The van der Waals surface area contributed by atoms with Gasteiger partial charge in [-0.15, -0.1) is 0 Å². The summed E-state index contributed by atoms with van der Waals surface area (Å²) in [5.74, 6) is 0.756. The van der Waals surface area contributed by atoms with E-state index in [1.165, 1.54) is 45.3 Å². The van der Waals surface area contributed by atoms with Crippen molar-refractivity contribution in [1.82, 2.24) is 10.2 Å². The Morgan fingerprint density at radius 3 is 2.33 bits per heavy atom. The summed E-state index contributed by atoms with van der Waals surface area (Å²) >= 11 is 0. The number of hydrogen-bond donors (Lipinski definition) is 1. The molecule has 0 bridgehead atoms. The van der Waals surface area contributed by atoms with Crippen molar-refractivity contribution in [2.75, 3.05) is 19.6 Å². The lowest BCUT2D eigenvalue weighted by atomic mass is 9.88. The van der Waals surface area contributed by atoms with Gasteiger partial charge in [-0.3, -0.25) is 4.90 Å². The Kier molecular flexibility index (Phi) is 4.08. The van der Waals surface area contributed by atoms with E-state index in [0.29, 0.717) is 11.0 Å². The van der Waals surface area contributed by atoms with Crippen molar-refractivity contribution in [1.29, 1.82) is 0 Å². The summed E-state index contributed by atoms with van der Waals surface area (Å²) in [4.78, 5) is 2.81. The average molecular weight is 252 g/mol. The van der Waals surface area contributed by atoms with E-state index in [4.69, 9.17) is 0 Å². The molecule has 1 saturated heterocycles. The number of piperazine rings is 1. The Morgan fingerprint density at radius 1 is 1.22 bits per heavy atom. The summed E-state index contributed by atoms with van der Waals surface area (Å²) in [5.41, 5.74) is 1.01. The first-order valence-corrected chi connectivity index (χ1v) is 7.93. The fourth-order valence-corrected chi connectivity index (χ4v) is 3.40. The third-order valence-electron chi connectivity index (χ3n) is 5.55. The maximum Gasteiger partial charge on any atom is 0.0278 e. The molecule has 0 radical (unpaired) electrons. The highest BCUT2D eigenvalue weighted by molar-refractivity contribution is 5.01. The van der Waals surface area contributed by atoms with Crippen molar-refractivity contribution in [3.8, 4) is 0 Å². The highest BCUT2D eigenvalue weighted by Gasteiger charge is 2.45. The number of nitrogens with one attached hydrogen (secondary N) is 1. The predicted octanol–water partition coefficient (Wildman–Crippen LogP) is 3.28. The van der Waals surface area contributed by atoms with Crippen LogP contribution in [0.2, 0.25) is 0 Å². The Labute approximate surface area is 114 Å². The molecule has 1 N–H and O–H groups in total. The van der Waals surface area contributed by atoms with Crippen molar-refractivity contribution in [3.63, 3.8) is 0 Å². The van der Waals surface area contributed by atoms with E-state index in [0.717, 1.165) is 12.0 Å². The zero-order chi connectivity index (χ0) is 13.4. The SMILES string of the molecule is CCC1(CN2CC(C)(CC)NCC2C(C)C)CC1. The van der Waals surface area contributed by atoms with Crippen LogP contribution in [0, 0.1) is 11.3 Å². The standard InChI is InChI=1S/C16H32N2/c1-6-15(5)11-18(12-16(7-2)8-9-16)14(10-17-15)13(3)4/h13-14,17H,6-12H2,1-5H3. The number of rotatable bonds is 5. The lowest BCUT2D eigenvalue weighted by molar-refractivity contribution is 0.0425. The number of hydrogen-bond acceptors (Lipinski definition) is 2. The molecule has 2 nitrogen and oxygen atoms in total. The Morgan fingerprint density at radius 2 is 1.89 bits per heavy atom. The van der Waals surface area contributed by atoms with Gasteiger partial charge >= 0.3 is 0 Å². The molecule has 1 saturated carbocycles. The van der Waals surface area contributed by atoms with E-state index in [2.05, 4.69) is 44.8 Å². The molecule has 0 aromatic heterocycles. The average Bonchev–Trinajstić information content (AvgIpc) is 3.09. The van der Waals surface area contributed by atoms with Crippen LogP contribution >= 0.6 is 0 Å². The molecule has 18 heavy (non-hydrogen) atoms. The molecule has 106 valence electrons. The molecule has 0 aromatic rings. The molecule has 0 aromatic carbocycles. The minimum atomic E-state index is 0.329. The van der Waals surface area contributed by atoms with Gasteiger partial charge in [-0.1, -0.05) is 27.7 Å². The topological polar surface area (TPSA) is 15.3 Å². The molecular formula is C16H32N2. The third kappa shape index (κ3) is 2.91. The Balaban J connectivity index is 2.05. The highest BCUT2D eigenvalue weighted by atomic mass is 15.3. The molecule has 2 unspecified atom stereocenters. The second kappa shape index (κ2) is 5.13. The van der Waals surface area contributed by atoms with E-state index in [9.17, 15) is 0 Å². The van der Waals surface area contributed by atoms with E-state index in [1.807, 2.05) is 0 Å². The van der Waals surface area contributed by atoms with Crippen LogP contribution in [0.3, 0.4) is 0 Å². The van der Waals surface area contributed by atoms with Crippen LogP contribution in [0.15, 0.2) is 0 Å². The highest BCUT2D eigenvalue weighted by Crippen LogP contribution is 2.49. The predicted molar refractivity (Wildman–Crippen MR) is 78.9 cm³/mol. The summed E-state index contributed by atoms with van der Waals surface area (Å²) in [6.07, 6.45) is 5.51. The molecule has 2 rings (SSSR count). The normalized spacial score (nSPS) is 36.0. The van der Waals surface area contributed by atoms with Gasteiger partial charge in [0.05, 0.1) is 0 Å². The largest absolute Gasteiger partial charge is 0.309 e. The smallest absolute Gasteiger partial charge is 0.0278 e. The van der Waals surface area contributed by atoms with Crippen molar-refractivity contribution in [3.05, 3.63) is 0 Å². The van der Waals surface area contributed by atoms with Crippen molar-refractivity contribution >= 4 is 0 Å². The molecular weight excluding hydrogens is 220 g/mol. The second-order valence-electron chi connectivity index (χ2n) is 7.37. The molecule has 2 fully saturated rings. The van der Waals surface area contributed by atoms with Crippen LogP contribution in [-0.4, -0.2) is 36.1 Å². The molecule has 2 aliphatic rings. The van der Waals surface area contributed by atoms with Gasteiger partial charge in [0.2, 0.25) is 0 Å². The van der Waals surface area contributed by atoms with Gasteiger partial charge < -0.3 is 5.32 Å². The van der Waals surface area contributed by atoms with E-state index >= 15 is 0 Å². The van der Waals surface area contributed by atoms with Gasteiger partial charge in [0, 0.05) is 31.2 Å². The summed E-state index contributed by atoms with van der Waals surface area (Å²) < 4.78 is 0. The van der Waals surface area contributed by atoms with Crippen LogP contribution in [0.4, 0.5) is 0 Å². The maximum atomic E-state index is 3.79. The van der Waals surface area contributed by atoms with Crippen LogP contribution in [-0.2, 0) is 0 Å². The zero-order valence-corrected chi connectivity index (χ0v) is 13.1. The molecule has 2 atom stereocenters. The molecule has 0 spiro atoms. The van der Waals surface area contributed by atoms with Gasteiger partial charge in [-0.05, 0) is 43.9 Å². The monoisotopic (exact) mass is 252 g/mol. The van der Waals surface area contributed by atoms with E-state index in [1.54, 1.807) is 0 Å². The molecule has 0 amide bonds. The molecule has 2 heteroatoms. The third-order valence-corrected chi connectivity index (χ3v) is 5.55. The minimum Gasteiger partial charge on any atom is -0.309 e. The van der Waals surface area contributed by atoms with Gasteiger partial charge in [-0.2, -0.15) is 0 Å². The summed E-state index contributed by atoms with van der Waals surface area (Å²) in [6, 6.07) is 0.730. The Hall–Kier alpha value is -0.0800. The van der Waals surface area contributed by atoms with Crippen molar-refractivity contribution in [2.24, 2.45) is 11.3 Å². The first-order valence-electron chi connectivity index (χ1n) is 7.93. The van der Waals surface area contributed by atoms with Crippen LogP contribution < -0.4 is 5.32 Å². The quantitative estimate of drug-likeness (QED) is 0.808. The van der Waals surface area contributed by atoms with Crippen LogP contribution in [0.25, 0.3) is 0 Å². The first-order chi connectivity index (χ1) is 8.44. The maximum absolute atomic E-state index is 3.79. The van der Waals surface area contributed by atoms with Crippen molar-refractivity contribution in [2.45, 2.75) is 71.9 Å². The lowest BCUT2D eigenvalue weighted by Gasteiger charge is -2.48. The van der Waals surface area contributed by atoms with Crippen LogP contribution in [0.5, 0.6) is 0 Å². The van der Waals surface area contributed by atoms with Gasteiger partial charge in [-0.25, -0.2) is 0 Å². The molecule has 1 aliphatic heterocycles. The number of nitrogens with zero attached hydrogens (tertiary/aromatic N) is 1. The minimum absolute atomic E-state index is 0.329. The lowest BCUT2D eigenvalue weighted by Crippen LogP contribution is -2.64. The van der Waals surface area contributed by atoms with E-state index in [-0.39, 0.29) is 0 Å². The zero-order valence-electron chi connectivity index (χ0n) is 13.1. The summed E-state index contributed by atoms with van der Waals surface area (Å²) in [5, 5.41) is 3.79. The first kappa shape index (κ1) is 14.3. The second-order valence-corrected chi connectivity index (χ2v) is 7.37. The van der Waals surface area contributed by atoms with Gasteiger partial charge in [0.1, 0.15) is 0 Å². The fourth-order valence-electron chi connectivity index (χ4n) is 3.40. The van der Waals surface area contributed by atoms with Gasteiger partial charge in [0.15, 0.2) is 0 Å². The van der Waals surface area contributed by atoms with Crippen molar-refractivity contribution < 1.29 is 0 Å². The Bertz CT molecular complexity index is 281.